The fourth-order valence-electron chi connectivity index (χ4n) is 4.13. The van der Waals surface area contributed by atoms with Crippen LogP contribution in [0.25, 0.3) is 0 Å². The van der Waals surface area contributed by atoms with Crippen LogP contribution in [-0.2, 0) is 4.74 Å². The van der Waals surface area contributed by atoms with Crippen LogP contribution < -0.4 is 5.32 Å². The lowest BCUT2D eigenvalue weighted by molar-refractivity contribution is 0.0597. The number of fused-ring (bicyclic) bond motifs is 3. The second-order valence-electron chi connectivity index (χ2n) is 6.78. The molecule has 2 aliphatic rings. The number of halogens is 1. The van der Waals surface area contributed by atoms with Gasteiger partial charge in [-0.1, -0.05) is 35.9 Å². The van der Waals surface area contributed by atoms with Crippen LogP contribution >= 0.6 is 11.6 Å². The second-order valence-corrected chi connectivity index (χ2v) is 7.19. The summed E-state index contributed by atoms with van der Waals surface area (Å²) >= 11 is 6.46. The molecule has 5 nitrogen and oxygen atoms in total. The number of hydrogen-bond acceptors (Lipinski definition) is 4. The van der Waals surface area contributed by atoms with Crippen LogP contribution in [0.2, 0.25) is 5.02 Å². The number of esters is 1. The standard InChI is InChI=1S/C21H18ClNO4/c1-27-21(26)15-9-10-16(22)19-17(15)13-3-2-4-14(13)18(23-19)11-5-7-12(8-6-11)20(24)25/h2-3,5-10,13-14,18,23H,4H2,1H3,(H,24,25)/t13-,14+,18-/m1/s1. The van der Waals surface area contributed by atoms with Crippen LogP contribution in [-0.4, -0.2) is 24.2 Å². The van der Waals surface area contributed by atoms with E-state index in [0.29, 0.717) is 10.6 Å². The number of ether oxygens (including phenoxy) is 1. The van der Waals surface area contributed by atoms with Crippen LogP contribution in [0.3, 0.4) is 0 Å². The van der Waals surface area contributed by atoms with E-state index in [-0.39, 0.29) is 29.4 Å². The topological polar surface area (TPSA) is 75.6 Å². The maximum atomic E-state index is 12.3. The summed E-state index contributed by atoms with van der Waals surface area (Å²) in [6, 6.07) is 10.3. The summed E-state index contributed by atoms with van der Waals surface area (Å²) in [6.07, 6.45) is 5.09. The van der Waals surface area contributed by atoms with Crippen molar-refractivity contribution in [2.24, 2.45) is 5.92 Å². The van der Waals surface area contributed by atoms with Crippen molar-refractivity contribution < 1.29 is 19.4 Å². The Morgan fingerprint density at radius 1 is 1.19 bits per heavy atom. The van der Waals surface area contributed by atoms with E-state index in [4.69, 9.17) is 21.4 Å². The van der Waals surface area contributed by atoms with Crippen molar-refractivity contribution in [2.45, 2.75) is 18.4 Å². The minimum Gasteiger partial charge on any atom is -0.478 e. The summed E-state index contributed by atoms with van der Waals surface area (Å²) in [5, 5.41) is 13.2. The Kier molecular flexibility index (Phi) is 4.40. The zero-order valence-corrected chi connectivity index (χ0v) is 15.4. The molecule has 2 aromatic carbocycles. The molecule has 0 saturated carbocycles. The zero-order chi connectivity index (χ0) is 19.1. The van der Waals surface area contributed by atoms with Crippen LogP contribution in [0.4, 0.5) is 5.69 Å². The quantitative estimate of drug-likeness (QED) is 0.596. The Bertz CT molecular complexity index is 951. The summed E-state index contributed by atoms with van der Waals surface area (Å²) in [6.45, 7) is 0. The number of carboxylic acid groups (broad SMARTS) is 1. The van der Waals surface area contributed by atoms with E-state index in [1.165, 1.54) is 7.11 Å². The smallest absolute Gasteiger partial charge is 0.338 e. The van der Waals surface area contributed by atoms with Crippen molar-refractivity contribution in [3.05, 3.63) is 75.8 Å². The summed E-state index contributed by atoms with van der Waals surface area (Å²) in [7, 11) is 1.37. The number of carbonyl (C=O) groups excluding carboxylic acids is 1. The number of benzene rings is 2. The molecule has 1 aliphatic heterocycles. The van der Waals surface area contributed by atoms with Gasteiger partial charge in [0.25, 0.3) is 0 Å². The molecule has 138 valence electrons. The minimum absolute atomic E-state index is 0.0364. The molecule has 0 radical (unpaired) electrons. The number of aromatic carboxylic acids is 1. The highest BCUT2D eigenvalue weighted by Crippen LogP contribution is 2.52. The maximum absolute atomic E-state index is 12.3. The summed E-state index contributed by atoms with van der Waals surface area (Å²) in [4.78, 5) is 23.4. The number of carboxylic acids is 1. The lowest BCUT2D eigenvalue weighted by atomic mass is 9.75. The zero-order valence-electron chi connectivity index (χ0n) is 14.6. The molecule has 3 atom stereocenters. The summed E-state index contributed by atoms with van der Waals surface area (Å²) in [5.74, 6) is -1.09. The predicted octanol–water partition coefficient (Wildman–Crippen LogP) is 4.65. The van der Waals surface area contributed by atoms with E-state index >= 15 is 0 Å². The fourth-order valence-corrected chi connectivity index (χ4v) is 4.34. The highest BCUT2D eigenvalue weighted by molar-refractivity contribution is 6.33. The lowest BCUT2D eigenvalue weighted by Gasteiger charge is -2.38. The van der Waals surface area contributed by atoms with E-state index in [2.05, 4.69) is 17.5 Å². The van der Waals surface area contributed by atoms with Crippen LogP contribution in [0.15, 0.2) is 48.6 Å². The molecule has 0 saturated heterocycles. The normalized spacial score (nSPS) is 22.5. The first-order valence-electron chi connectivity index (χ1n) is 8.68. The summed E-state index contributed by atoms with van der Waals surface area (Å²) in [5.41, 5.74) is 3.36. The van der Waals surface area contributed by atoms with Gasteiger partial charge in [0, 0.05) is 5.92 Å². The van der Waals surface area contributed by atoms with Crippen LogP contribution in [0.1, 0.15) is 50.2 Å². The molecule has 0 spiro atoms. The van der Waals surface area contributed by atoms with Crippen molar-refractivity contribution in [3.63, 3.8) is 0 Å². The number of anilines is 1. The molecule has 27 heavy (non-hydrogen) atoms. The first-order valence-corrected chi connectivity index (χ1v) is 9.06. The molecule has 1 aliphatic carbocycles. The van der Waals surface area contributed by atoms with Crippen molar-refractivity contribution in [1.29, 1.82) is 0 Å². The van der Waals surface area contributed by atoms with E-state index in [9.17, 15) is 9.59 Å². The monoisotopic (exact) mass is 383 g/mol. The number of methoxy groups -OCH3 is 1. The molecule has 4 rings (SSSR count). The van der Waals surface area contributed by atoms with Crippen molar-refractivity contribution in [3.8, 4) is 0 Å². The molecule has 0 amide bonds. The van der Waals surface area contributed by atoms with Gasteiger partial charge < -0.3 is 15.2 Å². The van der Waals surface area contributed by atoms with Gasteiger partial charge >= 0.3 is 11.9 Å². The lowest BCUT2D eigenvalue weighted by Crippen LogP contribution is -2.30. The largest absolute Gasteiger partial charge is 0.478 e. The number of rotatable bonds is 3. The van der Waals surface area contributed by atoms with Gasteiger partial charge in [0.1, 0.15) is 0 Å². The van der Waals surface area contributed by atoms with Crippen LogP contribution in [0.5, 0.6) is 0 Å². The van der Waals surface area contributed by atoms with E-state index < -0.39 is 5.97 Å². The van der Waals surface area contributed by atoms with Gasteiger partial charge in [-0.25, -0.2) is 9.59 Å². The van der Waals surface area contributed by atoms with Gasteiger partial charge in [0.05, 0.1) is 35.0 Å². The van der Waals surface area contributed by atoms with Gasteiger partial charge in [-0.2, -0.15) is 0 Å². The molecular formula is C21H18ClNO4. The Morgan fingerprint density at radius 2 is 1.93 bits per heavy atom. The Morgan fingerprint density at radius 3 is 2.59 bits per heavy atom. The molecular weight excluding hydrogens is 366 g/mol. The number of hydrogen-bond donors (Lipinski definition) is 2. The third-order valence-corrected chi connectivity index (χ3v) is 5.71. The third kappa shape index (κ3) is 2.88. The molecule has 2 N–H and O–H groups in total. The predicted molar refractivity (Wildman–Crippen MR) is 103 cm³/mol. The highest BCUT2D eigenvalue weighted by Gasteiger charge is 2.41. The Hall–Kier alpha value is -2.79. The van der Waals surface area contributed by atoms with Crippen molar-refractivity contribution in [1.82, 2.24) is 0 Å². The molecule has 0 bridgehead atoms. The molecule has 0 fully saturated rings. The molecule has 0 aromatic heterocycles. The number of carbonyl (C=O) groups is 2. The molecule has 0 unspecified atom stereocenters. The van der Waals surface area contributed by atoms with Crippen LogP contribution in [0, 0.1) is 5.92 Å². The van der Waals surface area contributed by atoms with Gasteiger partial charge in [0.15, 0.2) is 0 Å². The first kappa shape index (κ1) is 17.6. The highest BCUT2D eigenvalue weighted by atomic mass is 35.5. The Balaban J connectivity index is 1.80. The van der Waals surface area contributed by atoms with Crippen molar-refractivity contribution >= 4 is 29.2 Å². The second kappa shape index (κ2) is 6.74. The number of nitrogens with one attached hydrogen (secondary N) is 1. The first-order chi connectivity index (χ1) is 13.0. The third-order valence-electron chi connectivity index (χ3n) is 5.39. The molecule has 1 heterocycles. The minimum atomic E-state index is -0.949. The summed E-state index contributed by atoms with van der Waals surface area (Å²) < 4.78 is 4.95. The average molecular weight is 384 g/mol. The Labute approximate surface area is 161 Å². The van der Waals surface area contributed by atoms with Crippen molar-refractivity contribution in [2.75, 3.05) is 12.4 Å². The molecule has 2 aromatic rings. The molecule has 6 heteroatoms. The number of allylic oxidation sites excluding steroid dienone is 2. The average Bonchev–Trinajstić information content (AvgIpc) is 3.17. The van der Waals surface area contributed by atoms with Gasteiger partial charge in [-0.05, 0) is 47.7 Å². The van der Waals surface area contributed by atoms with E-state index in [1.807, 2.05) is 12.1 Å². The fraction of sp³-hybridized carbons (Fsp3) is 0.238. The van der Waals surface area contributed by atoms with Gasteiger partial charge in [0.2, 0.25) is 0 Å². The van der Waals surface area contributed by atoms with Gasteiger partial charge in [-0.15, -0.1) is 0 Å². The maximum Gasteiger partial charge on any atom is 0.338 e. The van der Waals surface area contributed by atoms with Gasteiger partial charge in [-0.3, -0.25) is 0 Å². The van der Waals surface area contributed by atoms with E-state index in [1.54, 1.807) is 24.3 Å². The SMILES string of the molecule is COC(=O)c1ccc(Cl)c2c1[C@@H]1C=CC[C@@H]1[C@@H](c1ccc(C(=O)O)cc1)N2. The van der Waals surface area contributed by atoms with E-state index in [0.717, 1.165) is 23.2 Å².